The lowest BCUT2D eigenvalue weighted by atomic mass is 9.87. The zero-order valence-electron chi connectivity index (χ0n) is 9.19. The van der Waals surface area contributed by atoms with Gasteiger partial charge in [0.15, 0.2) is 0 Å². The lowest BCUT2D eigenvalue weighted by Gasteiger charge is -2.18. The van der Waals surface area contributed by atoms with Crippen molar-refractivity contribution in [1.29, 1.82) is 0 Å². The first-order chi connectivity index (χ1) is 6.89. The first-order valence-corrected chi connectivity index (χ1v) is 5.76. The van der Waals surface area contributed by atoms with Crippen LogP contribution in [0.2, 0.25) is 0 Å². The minimum atomic E-state index is -2.19. The molecule has 0 aromatic heterocycles. The summed E-state index contributed by atoms with van der Waals surface area (Å²) in [5.74, 6) is 0. The molecule has 0 fully saturated rings. The van der Waals surface area contributed by atoms with E-state index in [4.69, 9.17) is 4.55 Å². The summed E-state index contributed by atoms with van der Waals surface area (Å²) in [5, 5.41) is 0. The van der Waals surface area contributed by atoms with Gasteiger partial charge in [0.05, 0.1) is 6.61 Å². The first-order valence-electron chi connectivity index (χ1n) is 4.73. The van der Waals surface area contributed by atoms with E-state index in [1.807, 2.05) is 24.3 Å². The minimum Gasteiger partial charge on any atom is -0.284 e. The molecule has 1 rings (SSSR count). The van der Waals surface area contributed by atoms with Crippen molar-refractivity contribution < 1.29 is 12.9 Å². The topological polar surface area (TPSA) is 46.5 Å². The van der Waals surface area contributed by atoms with E-state index in [-0.39, 0.29) is 12.0 Å². The maximum absolute atomic E-state index is 10.3. The van der Waals surface area contributed by atoms with Crippen LogP contribution in [0, 0.1) is 0 Å². The van der Waals surface area contributed by atoms with Crippen molar-refractivity contribution in [3.63, 3.8) is 0 Å². The van der Waals surface area contributed by atoms with Gasteiger partial charge in [0.25, 0.3) is 0 Å². The summed E-state index contributed by atoms with van der Waals surface area (Å²) in [4.78, 5) is 0. The van der Waals surface area contributed by atoms with Gasteiger partial charge in [-0.1, -0.05) is 45.0 Å². The van der Waals surface area contributed by atoms with Gasteiger partial charge in [-0.2, -0.15) is 4.21 Å². The number of hydrogen-bond acceptors (Lipinski definition) is 2. The van der Waals surface area contributed by atoms with E-state index in [0.717, 1.165) is 5.56 Å². The molecule has 0 radical (unpaired) electrons. The molecule has 0 saturated carbocycles. The Morgan fingerprint density at radius 1 is 1.27 bits per heavy atom. The quantitative estimate of drug-likeness (QED) is 0.809. The Balaban J connectivity index is 2.69. The SMILES string of the molecule is CC(C)(C)c1ccc(COS(=O)O)cc1. The summed E-state index contributed by atoms with van der Waals surface area (Å²) in [6, 6.07) is 7.85. The van der Waals surface area contributed by atoms with Gasteiger partial charge in [-0.25, -0.2) is 0 Å². The predicted octanol–water partition coefficient (Wildman–Crippen LogP) is 2.64. The van der Waals surface area contributed by atoms with Crippen LogP contribution in [0.25, 0.3) is 0 Å². The average Bonchev–Trinajstić information content (AvgIpc) is 2.14. The van der Waals surface area contributed by atoms with Crippen LogP contribution in [0.5, 0.6) is 0 Å². The molecule has 1 unspecified atom stereocenters. The molecule has 1 N–H and O–H groups in total. The van der Waals surface area contributed by atoms with E-state index in [1.165, 1.54) is 5.56 Å². The van der Waals surface area contributed by atoms with Crippen LogP contribution in [0.1, 0.15) is 31.9 Å². The monoisotopic (exact) mass is 228 g/mol. The third kappa shape index (κ3) is 4.11. The van der Waals surface area contributed by atoms with E-state index in [0.29, 0.717) is 0 Å². The first kappa shape index (κ1) is 12.4. The molecule has 0 bridgehead atoms. The van der Waals surface area contributed by atoms with Crippen molar-refractivity contribution in [3.8, 4) is 0 Å². The van der Waals surface area contributed by atoms with Crippen LogP contribution in [0.15, 0.2) is 24.3 Å². The van der Waals surface area contributed by atoms with E-state index >= 15 is 0 Å². The van der Waals surface area contributed by atoms with Gasteiger partial charge in [0.1, 0.15) is 0 Å². The normalized spacial score (nSPS) is 13.9. The molecule has 0 saturated heterocycles. The van der Waals surface area contributed by atoms with Crippen LogP contribution >= 0.6 is 0 Å². The molecule has 1 aromatic rings. The molecule has 0 spiro atoms. The average molecular weight is 228 g/mol. The van der Waals surface area contributed by atoms with Gasteiger partial charge in [-0.3, -0.25) is 8.74 Å². The maximum Gasteiger partial charge on any atom is 0.302 e. The Morgan fingerprint density at radius 3 is 2.20 bits per heavy atom. The Hall–Kier alpha value is -0.710. The summed E-state index contributed by atoms with van der Waals surface area (Å²) in [5.41, 5.74) is 2.25. The van der Waals surface area contributed by atoms with Gasteiger partial charge in [0, 0.05) is 0 Å². The molecule has 84 valence electrons. The van der Waals surface area contributed by atoms with Gasteiger partial charge in [-0.15, -0.1) is 0 Å². The second kappa shape index (κ2) is 4.88. The molecule has 1 aromatic carbocycles. The van der Waals surface area contributed by atoms with E-state index in [1.54, 1.807) is 0 Å². The van der Waals surface area contributed by atoms with Crippen molar-refractivity contribution in [3.05, 3.63) is 35.4 Å². The van der Waals surface area contributed by atoms with Crippen molar-refractivity contribution in [1.82, 2.24) is 0 Å². The fourth-order valence-corrected chi connectivity index (χ4v) is 1.46. The molecule has 1 atom stereocenters. The zero-order chi connectivity index (χ0) is 11.5. The van der Waals surface area contributed by atoms with Crippen molar-refractivity contribution in [2.75, 3.05) is 0 Å². The van der Waals surface area contributed by atoms with Crippen LogP contribution < -0.4 is 0 Å². The van der Waals surface area contributed by atoms with Gasteiger partial charge >= 0.3 is 11.4 Å². The van der Waals surface area contributed by atoms with Crippen LogP contribution in [0.4, 0.5) is 0 Å². The summed E-state index contributed by atoms with van der Waals surface area (Å²) in [6.45, 7) is 6.58. The zero-order valence-corrected chi connectivity index (χ0v) is 10.0. The van der Waals surface area contributed by atoms with Crippen molar-refractivity contribution in [2.45, 2.75) is 32.8 Å². The van der Waals surface area contributed by atoms with Crippen LogP contribution in [-0.2, 0) is 27.6 Å². The molecule has 4 heteroatoms. The summed E-state index contributed by atoms with van der Waals surface area (Å²) in [6.07, 6.45) is 0. The lowest BCUT2D eigenvalue weighted by molar-refractivity contribution is 0.297. The summed E-state index contributed by atoms with van der Waals surface area (Å²) < 4.78 is 23.3. The molecular weight excluding hydrogens is 212 g/mol. The van der Waals surface area contributed by atoms with Crippen LogP contribution in [-0.4, -0.2) is 8.76 Å². The number of rotatable bonds is 3. The fraction of sp³-hybridized carbons (Fsp3) is 0.455. The molecule has 0 amide bonds. The molecule has 0 aliphatic rings. The second-order valence-corrected chi connectivity index (χ2v) is 5.10. The third-order valence-corrected chi connectivity index (χ3v) is 2.47. The van der Waals surface area contributed by atoms with E-state index in [2.05, 4.69) is 25.0 Å². The summed E-state index contributed by atoms with van der Waals surface area (Å²) in [7, 11) is 0. The Kier molecular flexibility index (Phi) is 4.02. The smallest absolute Gasteiger partial charge is 0.284 e. The highest BCUT2D eigenvalue weighted by Gasteiger charge is 2.12. The maximum atomic E-state index is 10.3. The summed E-state index contributed by atoms with van der Waals surface area (Å²) >= 11 is -2.19. The third-order valence-electron chi connectivity index (χ3n) is 2.15. The van der Waals surface area contributed by atoms with Gasteiger partial charge in [0.2, 0.25) is 0 Å². The fourth-order valence-electron chi connectivity index (χ4n) is 1.22. The largest absolute Gasteiger partial charge is 0.302 e. The van der Waals surface area contributed by atoms with E-state index < -0.39 is 11.4 Å². The Labute approximate surface area is 93.0 Å². The highest BCUT2D eigenvalue weighted by Crippen LogP contribution is 2.22. The van der Waals surface area contributed by atoms with Crippen molar-refractivity contribution >= 4 is 11.4 Å². The molecule has 0 aliphatic heterocycles. The lowest BCUT2D eigenvalue weighted by Crippen LogP contribution is -2.10. The van der Waals surface area contributed by atoms with Crippen LogP contribution in [0.3, 0.4) is 0 Å². The highest BCUT2D eigenvalue weighted by molar-refractivity contribution is 7.74. The molecule has 0 aliphatic carbocycles. The highest BCUT2D eigenvalue weighted by atomic mass is 32.2. The Bertz CT molecular complexity index is 338. The second-order valence-electron chi connectivity index (χ2n) is 4.43. The molecule has 3 nitrogen and oxygen atoms in total. The predicted molar refractivity (Wildman–Crippen MR) is 60.7 cm³/mol. The minimum absolute atomic E-state index is 0.124. The van der Waals surface area contributed by atoms with Gasteiger partial charge < -0.3 is 0 Å². The molecular formula is C11H16O3S. The van der Waals surface area contributed by atoms with Crippen molar-refractivity contribution in [2.24, 2.45) is 0 Å². The van der Waals surface area contributed by atoms with Gasteiger partial charge in [-0.05, 0) is 16.5 Å². The van der Waals surface area contributed by atoms with E-state index in [9.17, 15) is 4.21 Å². The Morgan fingerprint density at radius 2 is 1.80 bits per heavy atom. The molecule has 15 heavy (non-hydrogen) atoms. The standard InChI is InChI=1S/C11H16O3S/c1-11(2,3)10-6-4-9(5-7-10)8-14-15(12)13/h4-7H,8H2,1-3H3,(H,12,13). The number of hydrogen-bond donors (Lipinski definition) is 1. The number of benzene rings is 1. The molecule has 0 heterocycles.